The number of hydrogen-bond donors (Lipinski definition) is 0. The van der Waals surface area contributed by atoms with Gasteiger partial charge in [-0.1, -0.05) is 13.3 Å². The van der Waals surface area contributed by atoms with Gasteiger partial charge in [0.25, 0.3) is 0 Å². The number of ether oxygens (including phenoxy) is 1. The van der Waals surface area contributed by atoms with Crippen LogP contribution in [0, 0.1) is 0 Å². The lowest BCUT2D eigenvalue weighted by atomic mass is 10.4. The molecule has 0 amide bonds. The molecule has 0 aromatic rings. The standard InChI is InChI=1S/C8H18NO4P/c1-2-3-6-13-14(10,11)9-4-7-12-8-5-9/h2-8H2,1H3,(H,10,11)/p-1. The molecule has 1 unspecified atom stereocenters. The van der Waals surface area contributed by atoms with Crippen LogP contribution in [-0.2, 0) is 13.8 Å². The molecule has 1 atom stereocenters. The van der Waals surface area contributed by atoms with E-state index in [0.717, 1.165) is 12.8 Å². The van der Waals surface area contributed by atoms with Gasteiger partial charge in [-0.2, -0.15) is 0 Å². The number of unbranched alkanes of at least 4 members (excludes halogenated alkanes) is 1. The van der Waals surface area contributed by atoms with Gasteiger partial charge in [0.15, 0.2) is 0 Å². The molecular formula is C8H17NO4P-. The topological polar surface area (TPSA) is 61.8 Å². The van der Waals surface area contributed by atoms with E-state index in [2.05, 4.69) is 0 Å². The van der Waals surface area contributed by atoms with Crippen LogP contribution in [0.5, 0.6) is 0 Å². The van der Waals surface area contributed by atoms with E-state index in [1.54, 1.807) is 0 Å². The lowest BCUT2D eigenvalue weighted by Gasteiger charge is -2.37. The Morgan fingerprint density at radius 3 is 2.71 bits per heavy atom. The molecule has 0 bridgehead atoms. The maximum Gasteiger partial charge on any atom is 0.207 e. The fourth-order valence-corrected chi connectivity index (χ4v) is 2.38. The Labute approximate surface area is 84.6 Å². The SMILES string of the molecule is CCCCOP(=O)([O-])N1CCOCC1. The van der Waals surface area contributed by atoms with Crippen molar-refractivity contribution in [1.82, 2.24) is 4.67 Å². The van der Waals surface area contributed by atoms with Crippen LogP contribution in [0.15, 0.2) is 0 Å². The van der Waals surface area contributed by atoms with E-state index < -0.39 is 7.75 Å². The number of morpholine rings is 1. The van der Waals surface area contributed by atoms with Gasteiger partial charge < -0.3 is 14.2 Å². The van der Waals surface area contributed by atoms with Crippen molar-refractivity contribution in [2.24, 2.45) is 0 Å². The average molecular weight is 222 g/mol. The Morgan fingerprint density at radius 2 is 2.14 bits per heavy atom. The molecule has 0 aromatic carbocycles. The minimum atomic E-state index is -3.79. The van der Waals surface area contributed by atoms with Crippen LogP contribution >= 0.6 is 7.75 Å². The summed E-state index contributed by atoms with van der Waals surface area (Å²) in [5.41, 5.74) is 0. The first-order valence-corrected chi connectivity index (χ1v) is 6.45. The van der Waals surface area contributed by atoms with Gasteiger partial charge in [-0.15, -0.1) is 0 Å². The average Bonchev–Trinajstić information content (AvgIpc) is 2.19. The molecule has 84 valence electrons. The van der Waals surface area contributed by atoms with Gasteiger partial charge in [-0.05, 0) is 6.42 Å². The summed E-state index contributed by atoms with van der Waals surface area (Å²) in [7, 11) is -3.79. The Hall–Kier alpha value is 0.0700. The first kappa shape index (κ1) is 12.1. The molecule has 1 aliphatic heterocycles. The van der Waals surface area contributed by atoms with E-state index in [0.29, 0.717) is 26.3 Å². The van der Waals surface area contributed by atoms with Gasteiger partial charge >= 0.3 is 0 Å². The maximum absolute atomic E-state index is 11.5. The van der Waals surface area contributed by atoms with E-state index in [1.807, 2.05) is 6.92 Å². The Kier molecular flexibility index (Phi) is 5.06. The molecule has 1 saturated heterocycles. The summed E-state index contributed by atoms with van der Waals surface area (Å²) in [6.45, 7) is 4.02. The summed E-state index contributed by atoms with van der Waals surface area (Å²) >= 11 is 0. The largest absolute Gasteiger partial charge is 0.766 e. The van der Waals surface area contributed by atoms with Crippen molar-refractivity contribution < 1.29 is 18.7 Å². The van der Waals surface area contributed by atoms with Crippen molar-refractivity contribution in [3.63, 3.8) is 0 Å². The molecule has 0 aliphatic carbocycles. The summed E-state index contributed by atoms with van der Waals surface area (Å²) in [6, 6.07) is 0. The van der Waals surface area contributed by atoms with Crippen molar-refractivity contribution in [3.8, 4) is 0 Å². The van der Waals surface area contributed by atoms with Gasteiger partial charge in [-0.25, -0.2) is 4.67 Å². The fourth-order valence-electron chi connectivity index (χ4n) is 1.20. The summed E-state index contributed by atoms with van der Waals surface area (Å²) < 4.78 is 22.8. The molecule has 1 rings (SSSR count). The van der Waals surface area contributed by atoms with E-state index >= 15 is 0 Å². The first-order chi connectivity index (χ1) is 6.67. The molecule has 6 heteroatoms. The molecular weight excluding hydrogens is 205 g/mol. The van der Waals surface area contributed by atoms with Crippen molar-refractivity contribution in [2.75, 3.05) is 32.9 Å². The highest BCUT2D eigenvalue weighted by Gasteiger charge is 2.21. The molecule has 1 fully saturated rings. The lowest BCUT2D eigenvalue weighted by Crippen LogP contribution is -2.37. The van der Waals surface area contributed by atoms with E-state index in [-0.39, 0.29) is 6.61 Å². The smallest absolute Gasteiger partial charge is 0.207 e. The Balaban J connectivity index is 2.34. The predicted octanol–water partition coefficient (Wildman–Crippen LogP) is 0.604. The van der Waals surface area contributed by atoms with Gasteiger partial charge in [0.2, 0.25) is 7.75 Å². The molecule has 1 aliphatic rings. The molecule has 14 heavy (non-hydrogen) atoms. The quantitative estimate of drug-likeness (QED) is 0.503. The van der Waals surface area contributed by atoms with Crippen LogP contribution in [0.4, 0.5) is 0 Å². The van der Waals surface area contributed by atoms with Crippen LogP contribution in [0.2, 0.25) is 0 Å². The highest BCUT2D eigenvalue weighted by molar-refractivity contribution is 7.48. The van der Waals surface area contributed by atoms with E-state index in [9.17, 15) is 9.46 Å². The monoisotopic (exact) mass is 222 g/mol. The number of rotatable bonds is 5. The Bertz CT molecular complexity index is 206. The van der Waals surface area contributed by atoms with Crippen LogP contribution in [0.25, 0.3) is 0 Å². The predicted molar refractivity (Wildman–Crippen MR) is 50.9 cm³/mol. The van der Waals surface area contributed by atoms with Crippen molar-refractivity contribution in [2.45, 2.75) is 19.8 Å². The molecule has 5 nitrogen and oxygen atoms in total. The number of hydrogen-bond acceptors (Lipinski definition) is 4. The summed E-state index contributed by atoms with van der Waals surface area (Å²) in [4.78, 5) is 11.5. The van der Waals surface area contributed by atoms with Crippen LogP contribution in [0.1, 0.15) is 19.8 Å². The van der Waals surface area contributed by atoms with Gasteiger partial charge in [0, 0.05) is 13.1 Å². The number of nitrogens with zero attached hydrogens (tertiary/aromatic N) is 1. The third kappa shape index (κ3) is 3.67. The highest BCUT2D eigenvalue weighted by Crippen LogP contribution is 2.41. The van der Waals surface area contributed by atoms with Crippen molar-refractivity contribution in [1.29, 1.82) is 0 Å². The minimum Gasteiger partial charge on any atom is -0.766 e. The van der Waals surface area contributed by atoms with Crippen molar-refractivity contribution >= 4 is 7.75 Å². The molecule has 0 saturated carbocycles. The molecule has 0 spiro atoms. The second-order valence-corrected chi connectivity index (χ2v) is 4.98. The normalized spacial score (nSPS) is 23.3. The highest BCUT2D eigenvalue weighted by atomic mass is 31.2. The Morgan fingerprint density at radius 1 is 1.50 bits per heavy atom. The first-order valence-electron chi connectivity index (χ1n) is 4.95. The third-order valence-electron chi connectivity index (χ3n) is 2.09. The maximum atomic E-state index is 11.5. The van der Waals surface area contributed by atoms with Crippen LogP contribution in [0.3, 0.4) is 0 Å². The summed E-state index contributed by atoms with van der Waals surface area (Å²) in [5, 5.41) is 0. The van der Waals surface area contributed by atoms with Gasteiger partial charge in [0.1, 0.15) is 0 Å². The van der Waals surface area contributed by atoms with Crippen LogP contribution in [-0.4, -0.2) is 37.6 Å². The summed E-state index contributed by atoms with van der Waals surface area (Å²) in [5.74, 6) is 0. The van der Waals surface area contributed by atoms with Gasteiger partial charge in [-0.3, -0.25) is 4.57 Å². The van der Waals surface area contributed by atoms with Crippen molar-refractivity contribution in [3.05, 3.63) is 0 Å². The second kappa shape index (κ2) is 5.83. The fraction of sp³-hybridized carbons (Fsp3) is 1.00. The molecule has 0 radical (unpaired) electrons. The minimum absolute atomic E-state index is 0.286. The molecule has 0 aromatic heterocycles. The zero-order chi connectivity index (χ0) is 10.4. The summed E-state index contributed by atoms with van der Waals surface area (Å²) in [6.07, 6.45) is 1.71. The third-order valence-corrected chi connectivity index (χ3v) is 3.69. The molecule has 1 heterocycles. The van der Waals surface area contributed by atoms with E-state index in [1.165, 1.54) is 4.67 Å². The van der Waals surface area contributed by atoms with Crippen LogP contribution < -0.4 is 4.89 Å². The zero-order valence-electron chi connectivity index (χ0n) is 8.48. The zero-order valence-corrected chi connectivity index (χ0v) is 9.37. The molecule has 0 N–H and O–H groups in total. The second-order valence-electron chi connectivity index (χ2n) is 3.22. The lowest BCUT2D eigenvalue weighted by molar-refractivity contribution is -0.215. The van der Waals surface area contributed by atoms with Gasteiger partial charge in [0.05, 0.1) is 19.8 Å². The van der Waals surface area contributed by atoms with E-state index in [4.69, 9.17) is 9.26 Å².